The molecular formula is C19H26N4O2. The Kier molecular flexibility index (Phi) is 4.88. The summed E-state index contributed by atoms with van der Waals surface area (Å²) in [6.07, 6.45) is 8.30. The van der Waals surface area contributed by atoms with Crippen molar-refractivity contribution in [3.8, 4) is 0 Å². The van der Waals surface area contributed by atoms with Gasteiger partial charge in [-0.15, -0.1) is 0 Å². The summed E-state index contributed by atoms with van der Waals surface area (Å²) in [5.41, 5.74) is 3.51. The second-order valence-corrected chi connectivity index (χ2v) is 7.12. The average Bonchev–Trinajstić information content (AvgIpc) is 3.33. The van der Waals surface area contributed by atoms with Crippen molar-refractivity contribution in [2.75, 3.05) is 13.1 Å². The lowest BCUT2D eigenvalue weighted by molar-refractivity contribution is 0.0919. The Labute approximate surface area is 148 Å². The van der Waals surface area contributed by atoms with Gasteiger partial charge in [-0.1, -0.05) is 6.42 Å². The minimum Gasteiger partial charge on any atom is -0.455 e. The molecule has 134 valence electrons. The highest BCUT2D eigenvalue weighted by atomic mass is 16.4. The highest BCUT2D eigenvalue weighted by Gasteiger charge is 2.18. The van der Waals surface area contributed by atoms with Gasteiger partial charge in [-0.3, -0.25) is 14.8 Å². The summed E-state index contributed by atoms with van der Waals surface area (Å²) in [6, 6.07) is 3.68. The van der Waals surface area contributed by atoms with Crippen LogP contribution in [0.15, 0.2) is 16.5 Å². The summed E-state index contributed by atoms with van der Waals surface area (Å²) in [5, 5.41) is 10.5. The third kappa shape index (κ3) is 3.79. The van der Waals surface area contributed by atoms with E-state index in [1.165, 1.54) is 43.4 Å². The Balaban J connectivity index is 1.34. The molecule has 1 aliphatic carbocycles. The summed E-state index contributed by atoms with van der Waals surface area (Å²) >= 11 is 0. The monoisotopic (exact) mass is 342 g/mol. The van der Waals surface area contributed by atoms with E-state index >= 15 is 0 Å². The molecule has 1 amide bonds. The van der Waals surface area contributed by atoms with Gasteiger partial charge in [0.15, 0.2) is 5.76 Å². The van der Waals surface area contributed by atoms with E-state index in [4.69, 9.17) is 4.42 Å². The third-order valence-corrected chi connectivity index (χ3v) is 5.27. The lowest BCUT2D eigenvalue weighted by Gasteiger charge is -2.11. The predicted molar refractivity (Wildman–Crippen MR) is 94.2 cm³/mol. The maximum Gasteiger partial charge on any atom is 0.287 e. The Morgan fingerprint density at radius 2 is 2.00 bits per heavy atom. The van der Waals surface area contributed by atoms with Crippen LogP contribution >= 0.6 is 0 Å². The number of hydrogen-bond acceptors (Lipinski definition) is 4. The minimum absolute atomic E-state index is 0.168. The molecule has 1 saturated heterocycles. The van der Waals surface area contributed by atoms with Gasteiger partial charge in [0, 0.05) is 5.69 Å². The Bertz CT molecular complexity index is 728. The second kappa shape index (κ2) is 7.44. The van der Waals surface area contributed by atoms with Crippen LogP contribution in [0.2, 0.25) is 0 Å². The normalized spacial score (nSPS) is 18.1. The molecular weight excluding hydrogens is 316 g/mol. The van der Waals surface area contributed by atoms with Crippen molar-refractivity contribution in [3.63, 3.8) is 0 Å². The zero-order chi connectivity index (χ0) is 17.1. The zero-order valence-corrected chi connectivity index (χ0v) is 14.6. The van der Waals surface area contributed by atoms with Crippen LogP contribution in [0, 0.1) is 0 Å². The second-order valence-electron chi connectivity index (χ2n) is 7.12. The molecule has 0 radical (unpaired) electrons. The first-order chi connectivity index (χ1) is 12.3. The van der Waals surface area contributed by atoms with Gasteiger partial charge in [0.1, 0.15) is 5.76 Å². The molecule has 0 aromatic carbocycles. The number of nitrogens with one attached hydrogen (secondary N) is 2. The van der Waals surface area contributed by atoms with Crippen LogP contribution in [0.1, 0.15) is 65.4 Å². The van der Waals surface area contributed by atoms with Crippen molar-refractivity contribution in [1.29, 1.82) is 0 Å². The summed E-state index contributed by atoms with van der Waals surface area (Å²) in [6.45, 7) is 3.48. The van der Waals surface area contributed by atoms with Gasteiger partial charge in [0.25, 0.3) is 5.91 Å². The number of nitrogens with zero attached hydrogens (tertiary/aromatic N) is 2. The lowest BCUT2D eigenvalue weighted by atomic mass is 10.1. The number of carbonyl (C=O) groups excluding carboxylic acids is 1. The van der Waals surface area contributed by atoms with Crippen LogP contribution in [0.5, 0.6) is 0 Å². The number of fused-ring (bicyclic) bond motifs is 1. The van der Waals surface area contributed by atoms with Crippen LogP contribution in [-0.4, -0.2) is 34.1 Å². The van der Waals surface area contributed by atoms with Crippen LogP contribution in [0.4, 0.5) is 0 Å². The van der Waals surface area contributed by atoms with E-state index in [1.54, 1.807) is 6.07 Å². The van der Waals surface area contributed by atoms with Crippen molar-refractivity contribution in [1.82, 2.24) is 20.4 Å². The Hall–Kier alpha value is -2.08. The van der Waals surface area contributed by atoms with Gasteiger partial charge >= 0.3 is 0 Å². The van der Waals surface area contributed by atoms with E-state index in [9.17, 15) is 4.79 Å². The fourth-order valence-corrected chi connectivity index (χ4v) is 3.87. The summed E-state index contributed by atoms with van der Waals surface area (Å²) in [4.78, 5) is 14.7. The molecule has 0 saturated carbocycles. The largest absolute Gasteiger partial charge is 0.455 e. The van der Waals surface area contributed by atoms with Crippen molar-refractivity contribution in [3.05, 3.63) is 40.6 Å². The topological polar surface area (TPSA) is 74.2 Å². The smallest absolute Gasteiger partial charge is 0.287 e. The molecule has 2 aromatic rings. The first-order valence-electron chi connectivity index (χ1n) is 9.44. The highest BCUT2D eigenvalue weighted by Crippen LogP contribution is 2.21. The number of aromatic amines is 1. The molecule has 2 aromatic heterocycles. The van der Waals surface area contributed by atoms with Gasteiger partial charge < -0.3 is 9.73 Å². The molecule has 1 fully saturated rings. The number of amides is 1. The number of likely N-dealkylation sites (tertiary alicyclic amines) is 1. The quantitative estimate of drug-likeness (QED) is 0.820. The summed E-state index contributed by atoms with van der Waals surface area (Å²) in [7, 11) is 0. The molecule has 2 N–H and O–H groups in total. The SMILES string of the molecule is O=C(NCc1n[nH]c2c1CCCCC2)c1ccc(CN2CCCC2)o1. The van der Waals surface area contributed by atoms with Gasteiger partial charge in [-0.2, -0.15) is 5.10 Å². The summed E-state index contributed by atoms with van der Waals surface area (Å²) in [5.74, 6) is 1.08. The van der Waals surface area contributed by atoms with Gasteiger partial charge in [-0.05, 0) is 69.3 Å². The van der Waals surface area contributed by atoms with Crippen molar-refractivity contribution in [2.45, 2.75) is 58.0 Å². The number of aromatic nitrogens is 2. The van der Waals surface area contributed by atoms with Gasteiger partial charge in [0.05, 0.1) is 18.8 Å². The Morgan fingerprint density at radius 1 is 1.16 bits per heavy atom. The van der Waals surface area contributed by atoms with Crippen LogP contribution in [0.3, 0.4) is 0 Å². The first-order valence-corrected chi connectivity index (χ1v) is 9.44. The third-order valence-electron chi connectivity index (χ3n) is 5.27. The van der Waals surface area contributed by atoms with Crippen LogP contribution in [0.25, 0.3) is 0 Å². The average molecular weight is 342 g/mol. The minimum atomic E-state index is -0.168. The highest BCUT2D eigenvalue weighted by molar-refractivity contribution is 5.91. The molecule has 1 aliphatic heterocycles. The van der Waals surface area contributed by atoms with E-state index < -0.39 is 0 Å². The number of rotatable bonds is 5. The van der Waals surface area contributed by atoms with Crippen molar-refractivity contribution >= 4 is 5.91 Å². The van der Waals surface area contributed by atoms with E-state index in [0.717, 1.165) is 43.9 Å². The molecule has 2 aliphatic rings. The number of H-pyrrole nitrogens is 1. The summed E-state index contributed by atoms with van der Waals surface area (Å²) < 4.78 is 5.73. The number of hydrogen-bond donors (Lipinski definition) is 2. The molecule has 0 atom stereocenters. The molecule has 3 heterocycles. The fourth-order valence-electron chi connectivity index (χ4n) is 3.87. The molecule has 6 nitrogen and oxygen atoms in total. The Morgan fingerprint density at radius 3 is 2.88 bits per heavy atom. The van der Waals surface area contributed by atoms with E-state index in [1.807, 2.05) is 6.07 Å². The molecule has 4 rings (SSSR count). The van der Waals surface area contributed by atoms with Crippen molar-refractivity contribution < 1.29 is 9.21 Å². The van der Waals surface area contributed by atoms with Gasteiger partial charge in [-0.25, -0.2) is 0 Å². The first kappa shape index (κ1) is 16.4. The maximum atomic E-state index is 12.4. The lowest BCUT2D eigenvalue weighted by Crippen LogP contribution is -2.23. The maximum absolute atomic E-state index is 12.4. The standard InChI is InChI=1S/C19H26N4O2/c24-19(18-9-8-14(25-18)13-23-10-4-5-11-23)20-12-17-15-6-2-1-3-7-16(15)21-22-17/h8-9H,1-7,10-13H2,(H,20,24)(H,21,22). The van der Waals surface area contributed by atoms with Crippen LogP contribution in [-0.2, 0) is 25.9 Å². The number of furan rings is 1. The predicted octanol–water partition coefficient (Wildman–Crippen LogP) is 2.80. The number of aryl methyl sites for hydroxylation is 1. The molecule has 0 bridgehead atoms. The molecule has 6 heteroatoms. The molecule has 0 spiro atoms. The zero-order valence-electron chi connectivity index (χ0n) is 14.6. The van der Waals surface area contributed by atoms with Crippen molar-refractivity contribution in [2.24, 2.45) is 0 Å². The number of carbonyl (C=O) groups is 1. The van der Waals surface area contributed by atoms with E-state index in [-0.39, 0.29) is 5.91 Å². The molecule has 0 unspecified atom stereocenters. The van der Waals surface area contributed by atoms with Gasteiger partial charge in [0.2, 0.25) is 0 Å². The van der Waals surface area contributed by atoms with Crippen LogP contribution < -0.4 is 5.32 Å². The fraction of sp³-hybridized carbons (Fsp3) is 0.579. The van der Waals surface area contributed by atoms with E-state index in [2.05, 4.69) is 20.4 Å². The molecule has 25 heavy (non-hydrogen) atoms. The van der Waals surface area contributed by atoms with E-state index in [0.29, 0.717) is 12.3 Å².